The Labute approximate surface area is 144 Å². The molecule has 0 fully saturated rings. The van der Waals surface area contributed by atoms with Gasteiger partial charge in [0, 0.05) is 19.6 Å². The van der Waals surface area contributed by atoms with Crippen LogP contribution >= 0.6 is 12.4 Å². The zero-order chi connectivity index (χ0) is 16.5. The van der Waals surface area contributed by atoms with Crippen LogP contribution in [0.3, 0.4) is 0 Å². The van der Waals surface area contributed by atoms with Crippen LogP contribution < -0.4 is 20.5 Å². The quantitative estimate of drug-likeness (QED) is 0.669. The molecule has 1 amide bonds. The predicted octanol–water partition coefficient (Wildman–Crippen LogP) is 2.06. The highest BCUT2D eigenvalue weighted by atomic mass is 35.5. The highest BCUT2D eigenvalue weighted by molar-refractivity contribution is 5.85. The largest absolute Gasteiger partial charge is 0.493 e. The van der Waals surface area contributed by atoms with E-state index in [9.17, 15) is 4.79 Å². The summed E-state index contributed by atoms with van der Waals surface area (Å²) in [5, 5.41) is 2.92. The van der Waals surface area contributed by atoms with Gasteiger partial charge in [-0.2, -0.15) is 0 Å². The molecule has 0 saturated carbocycles. The number of hydrogen-bond acceptors (Lipinski definition) is 5. The molecule has 2 unspecified atom stereocenters. The summed E-state index contributed by atoms with van der Waals surface area (Å²) in [4.78, 5) is 11.8. The summed E-state index contributed by atoms with van der Waals surface area (Å²) in [6.07, 6.45) is 0.305. The second-order valence-electron chi connectivity index (χ2n) is 5.22. The number of halogens is 1. The zero-order valence-electron chi connectivity index (χ0n) is 14.1. The van der Waals surface area contributed by atoms with Gasteiger partial charge in [0.1, 0.15) is 6.61 Å². The van der Waals surface area contributed by atoms with Crippen molar-refractivity contribution in [2.75, 3.05) is 27.4 Å². The van der Waals surface area contributed by atoms with E-state index in [-0.39, 0.29) is 30.4 Å². The van der Waals surface area contributed by atoms with Gasteiger partial charge in [0.2, 0.25) is 5.91 Å². The predicted molar refractivity (Wildman–Crippen MR) is 92.4 cm³/mol. The van der Waals surface area contributed by atoms with Gasteiger partial charge in [-0.05, 0) is 31.5 Å². The molecule has 3 N–H and O–H groups in total. The van der Waals surface area contributed by atoms with Crippen LogP contribution in [0, 0.1) is 0 Å². The summed E-state index contributed by atoms with van der Waals surface area (Å²) >= 11 is 0. The molecule has 0 aliphatic heterocycles. The molecule has 1 aromatic carbocycles. The number of rotatable bonds is 9. The molecule has 0 spiro atoms. The number of ether oxygens (including phenoxy) is 3. The lowest BCUT2D eigenvalue weighted by atomic mass is 10.1. The molecule has 6 nitrogen and oxygen atoms in total. The first-order valence-electron chi connectivity index (χ1n) is 7.32. The van der Waals surface area contributed by atoms with E-state index in [2.05, 4.69) is 5.32 Å². The zero-order valence-corrected chi connectivity index (χ0v) is 14.9. The minimum Gasteiger partial charge on any atom is -0.493 e. The summed E-state index contributed by atoms with van der Waals surface area (Å²) in [6, 6.07) is 5.31. The molecule has 0 aliphatic carbocycles. The molecule has 1 aromatic rings. The lowest BCUT2D eigenvalue weighted by Crippen LogP contribution is -2.31. The molecule has 23 heavy (non-hydrogen) atoms. The van der Waals surface area contributed by atoms with Gasteiger partial charge in [-0.1, -0.05) is 6.07 Å². The second kappa shape index (κ2) is 11.1. The first kappa shape index (κ1) is 21.5. The fraction of sp³-hybridized carbons (Fsp3) is 0.562. The van der Waals surface area contributed by atoms with E-state index in [1.807, 2.05) is 25.1 Å². The highest BCUT2D eigenvalue weighted by Crippen LogP contribution is 2.30. The molecule has 2 atom stereocenters. The summed E-state index contributed by atoms with van der Waals surface area (Å²) < 4.78 is 15.9. The van der Waals surface area contributed by atoms with Crippen molar-refractivity contribution >= 4 is 18.3 Å². The van der Waals surface area contributed by atoms with Crippen LogP contribution in [0.4, 0.5) is 0 Å². The van der Waals surface area contributed by atoms with Crippen LogP contribution in [-0.2, 0) is 9.53 Å². The molecule has 0 bridgehead atoms. The Morgan fingerprint density at radius 2 is 1.91 bits per heavy atom. The van der Waals surface area contributed by atoms with E-state index in [0.29, 0.717) is 31.1 Å². The molecular weight excluding hydrogens is 320 g/mol. The third kappa shape index (κ3) is 7.54. The van der Waals surface area contributed by atoms with Crippen LogP contribution in [0.25, 0.3) is 0 Å². The number of carbonyl (C=O) groups is 1. The van der Waals surface area contributed by atoms with Gasteiger partial charge >= 0.3 is 0 Å². The maximum absolute atomic E-state index is 11.8. The van der Waals surface area contributed by atoms with Crippen LogP contribution in [0.1, 0.15) is 31.9 Å². The molecule has 0 aliphatic rings. The SMILES string of the molecule is COCCOc1ccc(C(C)NC(=O)CC(C)N)cc1OC.Cl. The summed E-state index contributed by atoms with van der Waals surface area (Å²) in [7, 11) is 3.21. The van der Waals surface area contributed by atoms with Gasteiger partial charge in [-0.15, -0.1) is 12.4 Å². The molecule has 1 rings (SSSR count). The van der Waals surface area contributed by atoms with Crippen molar-refractivity contribution in [3.63, 3.8) is 0 Å². The van der Waals surface area contributed by atoms with Crippen molar-refractivity contribution in [1.29, 1.82) is 0 Å². The van der Waals surface area contributed by atoms with Crippen LogP contribution in [-0.4, -0.2) is 39.4 Å². The van der Waals surface area contributed by atoms with E-state index < -0.39 is 0 Å². The average Bonchev–Trinajstić information content (AvgIpc) is 2.46. The van der Waals surface area contributed by atoms with E-state index in [1.54, 1.807) is 21.1 Å². The first-order valence-corrected chi connectivity index (χ1v) is 7.32. The van der Waals surface area contributed by atoms with E-state index >= 15 is 0 Å². The highest BCUT2D eigenvalue weighted by Gasteiger charge is 2.13. The maximum atomic E-state index is 11.8. The molecular formula is C16H27ClN2O4. The fourth-order valence-corrected chi connectivity index (χ4v) is 1.98. The Balaban J connectivity index is 0.00000484. The van der Waals surface area contributed by atoms with Gasteiger partial charge in [-0.25, -0.2) is 0 Å². The normalized spacial score (nSPS) is 12.7. The van der Waals surface area contributed by atoms with Crippen molar-refractivity contribution < 1.29 is 19.0 Å². The number of benzene rings is 1. The minimum absolute atomic E-state index is 0. The van der Waals surface area contributed by atoms with Crippen LogP contribution in [0.2, 0.25) is 0 Å². The summed E-state index contributed by atoms with van der Waals surface area (Å²) in [5.41, 5.74) is 6.56. The Hall–Kier alpha value is -1.50. The molecule has 0 saturated heterocycles. The van der Waals surface area contributed by atoms with E-state index in [4.69, 9.17) is 19.9 Å². The third-order valence-electron chi connectivity index (χ3n) is 3.12. The van der Waals surface area contributed by atoms with Crippen molar-refractivity contribution in [3.05, 3.63) is 23.8 Å². The Morgan fingerprint density at radius 3 is 2.48 bits per heavy atom. The van der Waals surface area contributed by atoms with Crippen LogP contribution in [0.15, 0.2) is 18.2 Å². The number of methoxy groups -OCH3 is 2. The smallest absolute Gasteiger partial charge is 0.222 e. The number of nitrogens with two attached hydrogens (primary N) is 1. The standard InChI is InChI=1S/C16H26N2O4.ClH/c1-11(17)9-16(19)18-12(2)13-5-6-14(15(10-13)21-4)22-8-7-20-3;/h5-6,10-12H,7-9,17H2,1-4H3,(H,18,19);1H. The number of hydrogen-bond donors (Lipinski definition) is 2. The van der Waals surface area contributed by atoms with Crippen molar-refractivity contribution in [1.82, 2.24) is 5.32 Å². The van der Waals surface area contributed by atoms with Gasteiger partial charge in [0.05, 0.1) is 19.8 Å². The van der Waals surface area contributed by atoms with Gasteiger partial charge in [0.25, 0.3) is 0 Å². The van der Waals surface area contributed by atoms with Crippen LogP contribution in [0.5, 0.6) is 11.5 Å². The average molecular weight is 347 g/mol. The Kier molecular flexibility index (Phi) is 10.4. The van der Waals surface area contributed by atoms with Crippen molar-refractivity contribution in [2.45, 2.75) is 32.4 Å². The number of amides is 1. The second-order valence-corrected chi connectivity index (χ2v) is 5.22. The lowest BCUT2D eigenvalue weighted by Gasteiger charge is -2.17. The Morgan fingerprint density at radius 1 is 1.22 bits per heavy atom. The Bertz CT molecular complexity index is 483. The lowest BCUT2D eigenvalue weighted by molar-refractivity contribution is -0.122. The van der Waals surface area contributed by atoms with Crippen molar-refractivity contribution in [2.24, 2.45) is 5.73 Å². The minimum atomic E-state index is -0.154. The third-order valence-corrected chi connectivity index (χ3v) is 3.12. The molecule has 132 valence electrons. The van der Waals surface area contributed by atoms with Crippen molar-refractivity contribution in [3.8, 4) is 11.5 Å². The summed E-state index contributed by atoms with van der Waals surface area (Å²) in [6.45, 7) is 4.68. The summed E-state index contributed by atoms with van der Waals surface area (Å²) in [5.74, 6) is 1.21. The van der Waals surface area contributed by atoms with Gasteiger partial charge < -0.3 is 25.3 Å². The maximum Gasteiger partial charge on any atom is 0.222 e. The fourth-order valence-electron chi connectivity index (χ4n) is 1.98. The van der Waals surface area contributed by atoms with E-state index in [1.165, 1.54) is 0 Å². The topological polar surface area (TPSA) is 82.8 Å². The number of carbonyl (C=O) groups excluding carboxylic acids is 1. The number of nitrogens with one attached hydrogen (secondary N) is 1. The molecule has 0 heterocycles. The molecule has 0 radical (unpaired) electrons. The van der Waals surface area contributed by atoms with E-state index in [0.717, 1.165) is 5.56 Å². The molecule has 0 aromatic heterocycles. The molecule has 7 heteroatoms. The van der Waals surface area contributed by atoms with Gasteiger partial charge in [0.15, 0.2) is 11.5 Å². The van der Waals surface area contributed by atoms with Gasteiger partial charge in [-0.3, -0.25) is 4.79 Å². The first-order chi connectivity index (χ1) is 10.5. The monoisotopic (exact) mass is 346 g/mol.